The highest BCUT2D eigenvalue weighted by Crippen LogP contribution is 2.17. The first kappa shape index (κ1) is 16.6. The highest BCUT2D eigenvalue weighted by Gasteiger charge is 2.09. The minimum absolute atomic E-state index is 0.131. The average molecular weight is 330 g/mol. The first-order chi connectivity index (χ1) is 12.3. The fourth-order valence-corrected chi connectivity index (χ4v) is 2.45. The summed E-state index contributed by atoms with van der Waals surface area (Å²) >= 11 is 0. The van der Waals surface area contributed by atoms with Crippen LogP contribution in [0.4, 0.5) is 5.82 Å². The van der Waals surface area contributed by atoms with E-state index in [4.69, 9.17) is 9.73 Å². The van der Waals surface area contributed by atoms with Gasteiger partial charge in [0.25, 0.3) is 0 Å². The van der Waals surface area contributed by atoms with E-state index < -0.39 is 0 Å². The molecule has 3 rings (SSSR count). The fourth-order valence-electron chi connectivity index (χ4n) is 2.45. The van der Waals surface area contributed by atoms with Crippen LogP contribution >= 0.6 is 0 Å². The van der Waals surface area contributed by atoms with Crippen LogP contribution in [0.1, 0.15) is 16.8 Å². The average Bonchev–Trinajstić information content (AvgIpc) is 2.67. The number of hydrogen-bond donors (Lipinski definition) is 0. The largest absolute Gasteiger partial charge is 0.469 e. The summed E-state index contributed by atoms with van der Waals surface area (Å²) in [6, 6.07) is 25.4. The molecule has 1 heterocycles. The molecule has 4 heteroatoms. The molecule has 0 atom stereocenters. The third-order valence-corrected chi connectivity index (χ3v) is 3.67. The predicted molar refractivity (Wildman–Crippen MR) is 98.1 cm³/mol. The molecule has 0 N–H and O–H groups in total. The van der Waals surface area contributed by atoms with Crippen molar-refractivity contribution in [3.8, 4) is 0 Å². The Morgan fingerprint density at radius 2 is 1.48 bits per heavy atom. The molecule has 1 aromatic heterocycles. The predicted octanol–water partition coefficient (Wildman–Crippen LogP) is 3.97. The molecule has 4 nitrogen and oxygen atoms in total. The summed E-state index contributed by atoms with van der Waals surface area (Å²) in [5.41, 5.74) is 3.49. The molecule has 2 aromatic carbocycles. The molecule has 0 bridgehead atoms. The number of pyridine rings is 1. The topological polar surface area (TPSA) is 51.5 Å². The quantitative estimate of drug-likeness (QED) is 0.525. The van der Waals surface area contributed by atoms with Crippen LogP contribution in [-0.4, -0.2) is 23.8 Å². The SMILES string of the molecule is COC(=O)Cc1cccc(N=C(c2ccccc2)c2ccccc2)n1. The van der Waals surface area contributed by atoms with Crippen LogP contribution in [0, 0.1) is 0 Å². The van der Waals surface area contributed by atoms with Crippen molar-refractivity contribution in [2.24, 2.45) is 4.99 Å². The molecule has 0 aliphatic heterocycles. The Balaban J connectivity index is 2.02. The number of carbonyl (C=O) groups is 1. The van der Waals surface area contributed by atoms with Gasteiger partial charge in [-0.1, -0.05) is 66.7 Å². The number of aliphatic imine (C=N–C) groups is 1. The van der Waals surface area contributed by atoms with Crippen LogP contribution in [0.25, 0.3) is 0 Å². The summed E-state index contributed by atoms with van der Waals surface area (Å²) in [5.74, 6) is 0.240. The Morgan fingerprint density at radius 3 is 2.04 bits per heavy atom. The summed E-state index contributed by atoms with van der Waals surface area (Å²) in [4.78, 5) is 20.7. The van der Waals surface area contributed by atoms with E-state index in [9.17, 15) is 4.79 Å². The van der Waals surface area contributed by atoms with E-state index in [1.807, 2.05) is 72.8 Å². The van der Waals surface area contributed by atoms with Crippen molar-refractivity contribution in [1.82, 2.24) is 4.98 Å². The maximum absolute atomic E-state index is 11.5. The molecule has 0 spiro atoms. The van der Waals surface area contributed by atoms with Crippen molar-refractivity contribution in [2.75, 3.05) is 7.11 Å². The number of hydrogen-bond acceptors (Lipinski definition) is 4. The van der Waals surface area contributed by atoms with Crippen molar-refractivity contribution in [3.63, 3.8) is 0 Å². The Bertz CT molecular complexity index is 833. The zero-order chi connectivity index (χ0) is 17.5. The van der Waals surface area contributed by atoms with Crippen LogP contribution in [0.15, 0.2) is 83.9 Å². The number of aromatic nitrogens is 1. The van der Waals surface area contributed by atoms with E-state index in [1.165, 1.54) is 7.11 Å². The van der Waals surface area contributed by atoms with Crippen LogP contribution in [0.5, 0.6) is 0 Å². The summed E-state index contributed by atoms with van der Waals surface area (Å²) in [6.45, 7) is 0. The molecule has 0 fully saturated rings. The van der Waals surface area contributed by atoms with Gasteiger partial charge >= 0.3 is 5.97 Å². The number of methoxy groups -OCH3 is 1. The minimum atomic E-state index is -0.319. The molecule has 25 heavy (non-hydrogen) atoms. The number of carbonyl (C=O) groups excluding carboxylic acids is 1. The molecule has 0 radical (unpaired) electrons. The van der Waals surface area contributed by atoms with Crippen molar-refractivity contribution < 1.29 is 9.53 Å². The summed E-state index contributed by atoms with van der Waals surface area (Å²) < 4.78 is 4.70. The van der Waals surface area contributed by atoms with E-state index in [0.29, 0.717) is 11.5 Å². The number of nitrogens with zero attached hydrogens (tertiary/aromatic N) is 2. The lowest BCUT2D eigenvalue weighted by Gasteiger charge is -2.08. The number of esters is 1. The smallest absolute Gasteiger partial charge is 0.311 e. The Morgan fingerprint density at radius 1 is 0.880 bits per heavy atom. The highest BCUT2D eigenvalue weighted by molar-refractivity contribution is 6.13. The van der Waals surface area contributed by atoms with Gasteiger partial charge in [-0.2, -0.15) is 0 Å². The lowest BCUT2D eigenvalue weighted by atomic mass is 10.0. The van der Waals surface area contributed by atoms with Gasteiger partial charge in [0, 0.05) is 11.1 Å². The zero-order valence-electron chi connectivity index (χ0n) is 13.9. The molecule has 0 saturated heterocycles. The van der Waals surface area contributed by atoms with E-state index in [1.54, 1.807) is 6.07 Å². The maximum atomic E-state index is 11.5. The van der Waals surface area contributed by atoms with E-state index in [-0.39, 0.29) is 12.4 Å². The summed E-state index contributed by atoms with van der Waals surface area (Å²) in [7, 11) is 1.37. The second-order valence-corrected chi connectivity index (χ2v) is 5.43. The lowest BCUT2D eigenvalue weighted by molar-refractivity contribution is -0.139. The molecular weight excluding hydrogens is 312 g/mol. The molecular formula is C21H18N2O2. The standard InChI is InChI=1S/C21H18N2O2/c1-25-20(24)15-18-13-8-14-19(22-18)23-21(16-9-4-2-5-10-16)17-11-6-3-7-12-17/h2-14H,15H2,1H3. The van der Waals surface area contributed by atoms with Gasteiger partial charge in [0.1, 0.15) is 0 Å². The molecule has 3 aromatic rings. The Hall–Kier alpha value is -3.27. The third kappa shape index (κ3) is 4.38. The molecule has 0 unspecified atom stereocenters. The number of rotatable bonds is 5. The van der Waals surface area contributed by atoms with Crippen molar-refractivity contribution in [2.45, 2.75) is 6.42 Å². The van der Waals surface area contributed by atoms with Gasteiger partial charge < -0.3 is 4.74 Å². The van der Waals surface area contributed by atoms with Gasteiger partial charge in [-0.25, -0.2) is 9.98 Å². The molecule has 0 amide bonds. The van der Waals surface area contributed by atoms with Gasteiger partial charge in [-0.3, -0.25) is 4.79 Å². The van der Waals surface area contributed by atoms with Gasteiger partial charge in [-0.05, 0) is 12.1 Å². The maximum Gasteiger partial charge on any atom is 0.311 e. The lowest BCUT2D eigenvalue weighted by Crippen LogP contribution is -2.06. The summed E-state index contributed by atoms with van der Waals surface area (Å²) in [5, 5.41) is 0. The monoisotopic (exact) mass is 330 g/mol. The molecule has 0 saturated carbocycles. The molecule has 0 aliphatic carbocycles. The highest BCUT2D eigenvalue weighted by atomic mass is 16.5. The second-order valence-electron chi connectivity index (χ2n) is 5.43. The van der Waals surface area contributed by atoms with Gasteiger partial charge in [-0.15, -0.1) is 0 Å². The minimum Gasteiger partial charge on any atom is -0.469 e. The van der Waals surface area contributed by atoms with Gasteiger partial charge in [0.2, 0.25) is 0 Å². The first-order valence-corrected chi connectivity index (χ1v) is 7.98. The van der Waals surface area contributed by atoms with E-state index >= 15 is 0 Å². The number of ether oxygens (including phenoxy) is 1. The normalized spacial score (nSPS) is 10.1. The van der Waals surface area contributed by atoms with Crippen molar-refractivity contribution in [1.29, 1.82) is 0 Å². The van der Waals surface area contributed by atoms with E-state index in [0.717, 1.165) is 16.8 Å². The second kappa shape index (κ2) is 8.02. The Labute approximate surface area is 146 Å². The summed E-state index contributed by atoms with van der Waals surface area (Å²) in [6.07, 6.45) is 0.131. The van der Waals surface area contributed by atoms with Crippen LogP contribution in [0.3, 0.4) is 0 Å². The van der Waals surface area contributed by atoms with Crippen molar-refractivity contribution >= 4 is 17.5 Å². The van der Waals surface area contributed by atoms with Gasteiger partial charge in [0.05, 0.1) is 24.9 Å². The van der Waals surface area contributed by atoms with Crippen LogP contribution in [0.2, 0.25) is 0 Å². The number of benzene rings is 2. The fraction of sp³-hybridized carbons (Fsp3) is 0.0952. The van der Waals surface area contributed by atoms with Gasteiger partial charge in [0.15, 0.2) is 5.82 Å². The molecule has 124 valence electrons. The van der Waals surface area contributed by atoms with Crippen molar-refractivity contribution in [3.05, 3.63) is 95.7 Å². The van der Waals surface area contributed by atoms with E-state index in [2.05, 4.69) is 4.98 Å². The Kier molecular flexibility index (Phi) is 5.32. The third-order valence-electron chi connectivity index (χ3n) is 3.67. The van der Waals surface area contributed by atoms with Crippen LogP contribution in [-0.2, 0) is 16.0 Å². The van der Waals surface area contributed by atoms with Crippen LogP contribution < -0.4 is 0 Å². The zero-order valence-corrected chi connectivity index (χ0v) is 13.9. The molecule has 0 aliphatic rings. The first-order valence-electron chi connectivity index (χ1n) is 7.98.